The summed E-state index contributed by atoms with van der Waals surface area (Å²) in [5.41, 5.74) is -2.04. The van der Waals surface area contributed by atoms with Crippen LogP contribution < -0.4 is 0 Å². The van der Waals surface area contributed by atoms with E-state index in [1.165, 1.54) is 27.0 Å². The second-order valence-corrected chi connectivity index (χ2v) is 4.36. The van der Waals surface area contributed by atoms with Gasteiger partial charge in [-0.15, -0.1) is 0 Å². The number of hydrogen-bond donors (Lipinski definition) is 2. The molecule has 5 nitrogen and oxygen atoms in total. The maximum atomic E-state index is 13.5. The molecule has 2 N–H and O–H groups in total. The molecule has 0 atom stereocenters. The van der Waals surface area contributed by atoms with Crippen molar-refractivity contribution >= 4 is 11.9 Å². The van der Waals surface area contributed by atoms with Gasteiger partial charge in [-0.2, -0.15) is 0 Å². The fourth-order valence-corrected chi connectivity index (χ4v) is 1.29. The van der Waals surface area contributed by atoms with E-state index in [4.69, 9.17) is 5.11 Å². The van der Waals surface area contributed by atoms with Gasteiger partial charge in [0, 0.05) is 7.05 Å². The van der Waals surface area contributed by atoms with Gasteiger partial charge in [0.2, 0.25) is 0 Å². The molecule has 0 heterocycles. The first kappa shape index (κ1) is 14.0. The summed E-state index contributed by atoms with van der Waals surface area (Å²) < 4.78 is 13.5. The van der Waals surface area contributed by atoms with Crippen LogP contribution in [0.2, 0.25) is 0 Å². The number of carbonyl (C=O) groups is 2. The van der Waals surface area contributed by atoms with Crippen LogP contribution in [0.15, 0.2) is 18.2 Å². The monoisotopic (exact) mass is 255 g/mol. The summed E-state index contributed by atoms with van der Waals surface area (Å²) in [7, 11) is 1.24. The molecule has 0 spiro atoms. The van der Waals surface area contributed by atoms with Gasteiger partial charge >= 0.3 is 5.97 Å². The maximum absolute atomic E-state index is 13.5. The summed E-state index contributed by atoms with van der Waals surface area (Å²) in [4.78, 5) is 23.9. The second kappa shape index (κ2) is 4.64. The average molecular weight is 255 g/mol. The molecule has 0 unspecified atom stereocenters. The molecule has 18 heavy (non-hydrogen) atoms. The minimum Gasteiger partial charge on any atom is -0.507 e. The highest BCUT2D eigenvalue weighted by atomic mass is 19.1. The van der Waals surface area contributed by atoms with Crippen LogP contribution in [0.3, 0.4) is 0 Å². The summed E-state index contributed by atoms with van der Waals surface area (Å²) in [6.45, 7) is 2.62. The molecule has 0 aliphatic heterocycles. The molecular weight excluding hydrogens is 241 g/mol. The number of carboxylic acids is 1. The van der Waals surface area contributed by atoms with E-state index in [1.807, 2.05) is 0 Å². The van der Waals surface area contributed by atoms with Crippen molar-refractivity contribution in [3.05, 3.63) is 29.6 Å². The third-order valence-electron chi connectivity index (χ3n) is 2.87. The molecule has 0 bridgehead atoms. The lowest BCUT2D eigenvalue weighted by Gasteiger charge is -2.31. The van der Waals surface area contributed by atoms with E-state index in [0.717, 1.165) is 17.0 Å². The largest absolute Gasteiger partial charge is 0.507 e. The third-order valence-corrected chi connectivity index (χ3v) is 2.87. The number of aliphatic carboxylic acids is 1. The maximum Gasteiger partial charge on any atom is 0.329 e. The Labute approximate surface area is 103 Å². The van der Waals surface area contributed by atoms with Crippen molar-refractivity contribution in [1.29, 1.82) is 0 Å². The fourth-order valence-electron chi connectivity index (χ4n) is 1.29. The molecule has 1 amide bonds. The molecule has 1 aromatic carbocycles. The standard InChI is InChI=1S/C12H14FNO4/c1-12(2,11(17)18)14(3)10(16)9-7(13)5-4-6-8(9)15/h4-6,15H,1-3H3,(H,17,18). The van der Waals surface area contributed by atoms with Crippen molar-refractivity contribution in [2.75, 3.05) is 7.05 Å². The summed E-state index contributed by atoms with van der Waals surface area (Å²) in [5.74, 6) is -3.53. The van der Waals surface area contributed by atoms with Gasteiger partial charge in [0.25, 0.3) is 5.91 Å². The van der Waals surface area contributed by atoms with Gasteiger partial charge in [-0.25, -0.2) is 9.18 Å². The highest BCUT2D eigenvalue weighted by Crippen LogP contribution is 2.24. The summed E-state index contributed by atoms with van der Waals surface area (Å²) >= 11 is 0. The Bertz CT molecular complexity index is 479. The normalized spacial score (nSPS) is 11.1. The van der Waals surface area contributed by atoms with Gasteiger partial charge in [0.1, 0.15) is 22.7 Å². The van der Waals surface area contributed by atoms with E-state index in [0.29, 0.717) is 0 Å². The van der Waals surface area contributed by atoms with E-state index < -0.39 is 34.5 Å². The van der Waals surface area contributed by atoms with Crippen molar-refractivity contribution in [3.63, 3.8) is 0 Å². The van der Waals surface area contributed by atoms with E-state index in [9.17, 15) is 19.1 Å². The van der Waals surface area contributed by atoms with Crippen molar-refractivity contribution in [2.45, 2.75) is 19.4 Å². The number of aromatic hydroxyl groups is 1. The van der Waals surface area contributed by atoms with Gasteiger partial charge in [-0.3, -0.25) is 4.79 Å². The van der Waals surface area contributed by atoms with Crippen molar-refractivity contribution < 1.29 is 24.2 Å². The molecule has 0 radical (unpaired) electrons. The molecule has 0 fully saturated rings. The molecule has 0 aliphatic carbocycles. The van der Waals surface area contributed by atoms with Crippen LogP contribution in [0.25, 0.3) is 0 Å². The number of carboxylic acid groups (broad SMARTS) is 1. The number of carbonyl (C=O) groups excluding carboxylic acids is 1. The quantitative estimate of drug-likeness (QED) is 0.857. The SMILES string of the molecule is CN(C(=O)c1c(O)cccc1F)C(C)(C)C(=O)O. The Hall–Kier alpha value is -2.11. The lowest BCUT2D eigenvalue weighted by molar-refractivity contribution is -0.147. The van der Waals surface area contributed by atoms with Gasteiger partial charge in [0.15, 0.2) is 0 Å². The van der Waals surface area contributed by atoms with Gasteiger partial charge < -0.3 is 15.1 Å². The van der Waals surface area contributed by atoms with E-state index in [2.05, 4.69) is 0 Å². The number of amides is 1. The van der Waals surface area contributed by atoms with Crippen LogP contribution in [-0.2, 0) is 4.79 Å². The zero-order valence-electron chi connectivity index (χ0n) is 10.3. The zero-order valence-corrected chi connectivity index (χ0v) is 10.3. The van der Waals surface area contributed by atoms with Crippen LogP contribution in [0.1, 0.15) is 24.2 Å². The first-order valence-electron chi connectivity index (χ1n) is 5.18. The predicted octanol–water partition coefficient (Wildman–Crippen LogP) is 1.47. The number of hydrogen-bond acceptors (Lipinski definition) is 3. The van der Waals surface area contributed by atoms with Gasteiger partial charge in [-0.05, 0) is 26.0 Å². The van der Waals surface area contributed by atoms with Crippen molar-refractivity contribution in [1.82, 2.24) is 4.90 Å². The number of phenols is 1. The summed E-state index contributed by atoms with van der Waals surface area (Å²) in [6.07, 6.45) is 0. The first-order valence-corrected chi connectivity index (χ1v) is 5.18. The summed E-state index contributed by atoms with van der Waals surface area (Å²) in [5, 5.41) is 18.5. The first-order chi connectivity index (χ1) is 8.19. The molecule has 98 valence electrons. The molecule has 0 saturated heterocycles. The molecule has 0 aromatic heterocycles. The van der Waals surface area contributed by atoms with Crippen LogP contribution in [-0.4, -0.2) is 39.6 Å². The topological polar surface area (TPSA) is 77.8 Å². The second-order valence-electron chi connectivity index (χ2n) is 4.36. The fraction of sp³-hybridized carbons (Fsp3) is 0.333. The number of rotatable bonds is 3. The number of halogens is 1. The molecule has 0 aliphatic rings. The number of phenolic OH excluding ortho intramolecular Hbond substituents is 1. The van der Waals surface area contributed by atoms with Crippen molar-refractivity contribution in [2.24, 2.45) is 0 Å². The summed E-state index contributed by atoms with van der Waals surface area (Å²) in [6, 6.07) is 3.44. The third kappa shape index (κ3) is 2.27. The zero-order chi connectivity index (χ0) is 14.1. The Morgan fingerprint density at radius 2 is 1.89 bits per heavy atom. The molecular formula is C12H14FNO4. The van der Waals surface area contributed by atoms with Crippen molar-refractivity contribution in [3.8, 4) is 5.75 Å². The number of nitrogens with zero attached hydrogens (tertiary/aromatic N) is 1. The molecule has 0 saturated carbocycles. The highest BCUT2D eigenvalue weighted by molar-refractivity contribution is 5.99. The van der Waals surface area contributed by atoms with E-state index in [1.54, 1.807) is 0 Å². The van der Waals surface area contributed by atoms with Gasteiger partial charge in [-0.1, -0.05) is 6.07 Å². The number of likely N-dealkylation sites (N-methyl/N-ethyl adjacent to an activating group) is 1. The molecule has 1 rings (SSSR count). The van der Waals surface area contributed by atoms with Crippen LogP contribution >= 0.6 is 0 Å². The van der Waals surface area contributed by atoms with E-state index in [-0.39, 0.29) is 0 Å². The van der Waals surface area contributed by atoms with Crippen LogP contribution in [0.5, 0.6) is 5.75 Å². The highest BCUT2D eigenvalue weighted by Gasteiger charge is 2.37. The van der Waals surface area contributed by atoms with E-state index >= 15 is 0 Å². The van der Waals surface area contributed by atoms with Gasteiger partial charge in [0.05, 0.1) is 0 Å². The predicted molar refractivity (Wildman–Crippen MR) is 61.9 cm³/mol. The molecule has 6 heteroatoms. The lowest BCUT2D eigenvalue weighted by atomic mass is 10.0. The lowest BCUT2D eigenvalue weighted by Crippen LogP contribution is -2.50. The molecule has 1 aromatic rings. The van der Waals surface area contributed by atoms with Crippen LogP contribution in [0.4, 0.5) is 4.39 Å². The average Bonchev–Trinajstić information content (AvgIpc) is 2.27. The Balaban J connectivity index is 3.20. The smallest absolute Gasteiger partial charge is 0.329 e. The number of benzene rings is 1. The Kier molecular flexibility index (Phi) is 3.59. The minimum atomic E-state index is -1.51. The minimum absolute atomic E-state index is 0.520. The van der Waals surface area contributed by atoms with Crippen LogP contribution in [0, 0.1) is 5.82 Å². The Morgan fingerprint density at radius 1 is 1.33 bits per heavy atom. The Morgan fingerprint density at radius 3 is 2.33 bits per heavy atom.